The zero-order valence-corrected chi connectivity index (χ0v) is 14.1. The van der Waals surface area contributed by atoms with Crippen LogP contribution in [0.1, 0.15) is 29.1 Å². The molecule has 126 valence electrons. The second kappa shape index (κ2) is 6.06. The lowest BCUT2D eigenvalue weighted by Crippen LogP contribution is -2.27. The van der Waals surface area contributed by atoms with Gasteiger partial charge >= 0.3 is 0 Å². The fourth-order valence-corrected chi connectivity index (χ4v) is 3.28. The molecule has 1 aromatic carbocycles. The van der Waals surface area contributed by atoms with Gasteiger partial charge in [0.2, 0.25) is 0 Å². The Morgan fingerprint density at radius 3 is 3.04 bits per heavy atom. The Morgan fingerprint density at radius 1 is 1.40 bits per heavy atom. The van der Waals surface area contributed by atoms with Gasteiger partial charge in [-0.25, -0.2) is 4.98 Å². The first kappa shape index (κ1) is 15.4. The molecule has 0 spiro atoms. The number of carbonyl (C=O) groups is 1. The number of carbonyl (C=O) groups excluding carboxylic acids is 1. The Bertz CT molecular complexity index is 1020. The van der Waals surface area contributed by atoms with Crippen LogP contribution in [0.3, 0.4) is 0 Å². The van der Waals surface area contributed by atoms with Crippen LogP contribution >= 0.6 is 11.3 Å². The summed E-state index contributed by atoms with van der Waals surface area (Å²) < 4.78 is 1.93. The molecule has 7 nitrogen and oxygen atoms in total. The van der Waals surface area contributed by atoms with E-state index in [1.165, 1.54) is 0 Å². The first-order valence-corrected chi connectivity index (χ1v) is 8.56. The van der Waals surface area contributed by atoms with E-state index < -0.39 is 0 Å². The van der Waals surface area contributed by atoms with Gasteiger partial charge in [0.25, 0.3) is 5.91 Å². The summed E-state index contributed by atoms with van der Waals surface area (Å²) in [5.74, 6) is -0.162. The van der Waals surface area contributed by atoms with Gasteiger partial charge in [0.15, 0.2) is 4.96 Å². The van der Waals surface area contributed by atoms with Crippen molar-refractivity contribution in [2.24, 2.45) is 0 Å². The summed E-state index contributed by atoms with van der Waals surface area (Å²) in [6.45, 7) is 1.88. The lowest BCUT2D eigenvalue weighted by Gasteiger charge is -2.10. The quantitative estimate of drug-likeness (QED) is 0.525. The van der Waals surface area contributed by atoms with Crippen molar-refractivity contribution < 1.29 is 9.90 Å². The molecule has 4 aromatic rings. The first-order chi connectivity index (χ1) is 12.1. The monoisotopic (exact) mass is 353 g/mol. The third kappa shape index (κ3) is 2.87. The van der Waals surface area contributed by atoms with Crippen molar-refractivity contribution >= 4 is 22.2 Å². The second-order valence-electron chi connectivity index (χ2n) is 5.64. The number of nitrogens with one attached hydrogen (secondary N) is 2. The van der Waals surface area contributed by atoms with E-state index in [0.717, 1.165) is 10.7 Å². The maximum atomic E-state index is 12.4. The van der Waals surface area contributed by atoms with E-state index in [-0.39, 0.29) is 17.7 Å². The molecule has 0 bridgehead atoms. The molecule has 1 amide bonds. The summed E-state index contributed by atoms with van der Waals surface area (Å²) in [5.41, 5.74) is 2.20. The summed E-state index contributed by atoms with van der Waals surface area (Å²) in [7, 11) is 0. The Kier molecular flexibility index (Phi) is 3.73. The number of nitrogens with zero attached hydrogens (tertiary/aromatic N) is 3. The molecule has 1 unspecified atom stereocenters. The number of phenols is 1. The van der Waals surface area contributed by atoms with Gasteiger partial charge in [-0.05, 0) is 25.1 Å². The largest absolute Gasteiger partial charge is 0.507 e. The summed E-state index contributed by atoms with van der Waals surface area (Å²) in [6.07, 6.45) is 3.83. The molecule has 8 heteroatoms. The standard InChI is InChI=1S/C17H15N5O2S/c1-10(14-9-22-6-7-25-17(22)19-14)18-16(24)13-8-12(20-21-13)11-4-2-3-5-15(11)23/h2-10,23H,1H3,(H,18,24)(H,20,21). The highest BCUT2D eigenvalue weighted by Crippen LogP contribution is 2.27. The van der Waals surface area contributed by atoms with Crippen molar-refractivity contribution in [3.63, 3.8) is 0 Å². The van der Waals surface area contributed by atoms with E-state index >= 15 is 0 Å². The SMILES string of the molecule is CC(NC(=O)c1cc(-c2ccccc2O)n[nH]1)c1cn2ccsc2n1. The minimum absolute atomic E-state index is 0.118. The van der Waals surface area contributed by atoms with Crippen molar-refractivity contribution in [1.82, 2.24) is 24.9 Å². The molecule has 3 heterocycles. The van der Waals surface area contributed by atoms with Gasteiger partial charge in [-0.2, -0.15) is 5.10 Å². The fourth-order valence-electron chi connectivity index (χ4n) is 2.57. The Morgan fingerprint density at radius 2 is 2.24 bits per heavy atom. The number of imidazole rings is 1. The number of thiazole rings is 1. The van der Waals surface area contributed by atoms with Crippen LogP contribution in [-0.4, -0.2) is 30.6 Å². The number of aromatic nitrogens is 4. The predicted molar refractivity (Wildman–Crippen MR) is 94.6 cm³/mol. The number of amides is 1. The molecule has 1 atom stereocenters. The van der Waals surface area contributed by atoms with Crippen LogP contribution in [0.4, 0.5) is 0 Å². The zero-order chi connectivity index (χ0) is 17.4. The molecule has 0 fully saturated rings. The summed E-state index contributed by atoms with van der Waals surface area (Å²) in [5, 5.41) is 21.6. The third-order valence-electron chi connectivity index (χ3n) is 3.91. The average molecular weight is 353 g/mol. The molecule has 3 N–H and O–H groups in total. The molecular weight excluding hydrogens is 338 g/mol. The van der Waals surface area contributed by atoms with Gasteiger partial charge in [-0.15, -0.1) is 11.3 Å². The van der Waals surface area contributed by atoms with Crippen LogP contribution in [0.5, 0.6) is 5.75 Å². The summed E-state index contributed by atoms with van der Waals surface area (Å²) in [4.78, 5) is 17.8. The Labute approximate surface area is 147 Å². The second-order valence-corrected chi connectivity index (χ2v) is 6.51. The topological polar surface area (TPSA) is 95.3 Å². The normalized spacial score (nSPS) is 12.4. The van der Waals surface area contributed by atoms with Crippen LogP contribution in [0, 0.1) is 0 Å². The molecule has 0 saturated carbocycles. The van der Waals surface area contributed by atoms with E-state index in [0.29, 0.717) is 17.0 Å². The highest BCUT2D eigenvalue weighted by Gasteiger charge is 2.17. The van der Waals surface area contributed by atoms with E-state index in [4.69, 9.17) is 0 Å². The van der Waals surface area contributed by atoms with Crippen molar-refractivity contribution in [1.29, 1.82) is 0 Å². The number of hydrogen-bond acceptors (Lipinski definition) is 5. The maximum Gasteiger partial charge on any atom is 0.269 e. The molecule has 0 radical (unpaired) electrons. The number of aromatic hydroxyl groups is 1. The average Bonchev–Trinajstić information content (AvgIpc) is 3.30. The zero-order valence-electron chi connectivity index (χ0n) is 13.3. The third-order valence-corrected chi connectivity index (χ3v) is 4.68. The number of rotatable bonds is 4. The van der Waals surface area contributed by atoms with Gasteiger partial charge in [0, 0.05) is 23.3 Å². The van der Waals surface area contributed by atoms with Gasteiger partial charge < -0.3 is 10.4 Å². The van der Waals surface area contributed by atoms with Crippen LogP contribution < -0.4 is 5.32 Å². The minimum atomic E-state index is -0.280. The summed E-state index contributed by atoms with van der Waals surface area (Å²) in [6, 6.07) is 8.23. The summed E-state index contributed by atoms with van der Waals surface area (Å²) >= 11 is 1.54. The lowest BCUT2D eigenvalue weighted by atomic mass is 10.1. The molecule has 25 heavy (non-hydrogen) atoms. The molecule has 3 aromatic heterocycles. The maximum absolute atomic E-state index is 12.4. The van der Waals surface area contributed by atoms with E-state index in [1.54, 1.807) is 41.7 Å². The van der Waals surface area contributed by atoms with Gasteiger partial charge in [-0.1, -0.05) is 12.1 Å². The highest BCUT2D eigenvalue weighted by molar-refractivity contribution is 7.15. The van der Waals surface area contributed by atoms with Crippen molar-refractivity contribution in [3.8, 4) is 17.0 Å². The van der Waals surface area contributed by atoms with Gasteiger partial charge in [0.05, 0.1) is 17.4 Å². The molecule has 0 saturated heterocycles. The predicted octanol–water partition coefficient (Wildman–Crippen LogP) is 2.98. The number of phenolic OH excluding ortho intramolecular Hbond substituents is 1. The van der Waals surface area contributed by atoms with E-state index in [1.807, 2.05) is 29.1 Å². The number of hydrogen-bond donors (Lipinski definition) is 3. The van der Waals surface area contributed by atoms with Gasteiger partial charge in [-0.3, -0.25) is 14.3 Å². The fraction of sp³-hybridized carbons (Fsp3) is 0.118. The Balaban J connectivity index is 1.51. The van der Waals surface area contributed by atoms with Crippen LogP contribution in [0.15, 0.2) is 48.1 Å². The molecule has 4 rings (SSSR count). The smallest absolute Gasteiger partial charge is 0.269 e. The number of aromatic amines is 1. The number of para-hydroxylation sites is 1. The van der Waals surface area contributed by atoms with Crippen molar-refractivity contribution in [3.05, 3.63) is 59.5 Å². The number of benzene rings is 1. The van der Waals surface area contributed by atoms with Crippen LogP contribution in [-0.2, 0) is 0 Å². The number of fused-ring (bicyclic) bond motifs is 1. The van der Waals surface area contributed by atoms with Crippen LogP contribution in [0.25, 0.3) is 16.2 Å². The molecular formula is C17H15N5O2S. The lowest BCUT2D eigenvalue weighted by molar-refractivity contribution is 0.0934. The molecule has 0 aliphatic rings. The molecule has 0 aliphatic carbocycles. The van der Waals surface area contributed by atoms with Crippen molar-refractivity contribution in [2.75, 3.05) is 0 Å². The van der Waals surface area contributed by atoms with E-state index in [9.17, 15) is 9.90 Å². The highest BCUT2D eigenvalue weighted by atomic mass is 32.1. The first-order valence-electron chi connectivity index (χ1n) is 7.68. The van der Waals surface area contributed by atoms with Crippen molar-refractivity contribution in [2.45, 2.75) is 13.0 Å². The van der Waals surface area contributed by atoms with Gasteiger partial charge in [0.1, 0.15) is 11.4 Å². The Hall–Kier alpha value is -3.13. The van der Waals surface area contributed by atoms with Crippen LogP contribution in [0.2, 0.25) is 0 Å². The van der Waals surface area contributed by atoms with E-state index in [2.05, 4.69) is 20.5 Å². The number of H-pyrrole nitrogens is 1. The molecule has 0 aliphatic heterocycles. The minimum Gasteiger partial charge on any atom is -0.507 e.